The van der Waals surface area contributed by atoms with Gasteiger partial charge in [0.15, 0.2) is 11.6 Å². The van der Waals surface area contributed by atoms with Crippen molar-refractivity contribution in [2.45, 2.75) is 65.9 Å². The van der Waals surface area contributed by atoms with Crippen LogP contribution in [0.3, 0.4) is 0 Å². The molecule has 2 aromatic rings. The van der Waals surface area contributed by atoms with Crippen LogP contribution in [0.1, 0.15) is 70.4 Å². The van der Waals surface area contributed by atoms with Gasteiger partial charge in [0, 0.05) is 41.3 Å². The predicted molar refractivity (Wildman–Crippen MR) is 149 cm³/mol. The highest BCUT2D eigenvalue weighted by molar-refractivity contribution is 9.11. The Bertz CT molecular complexity index is 1300. The molecule has 1 aliphatic heterocycles. The summed E-state index contributed by atoms with van der Waals surface area (Å²) in [6, 6.07) is 10.1. The minimum atomic E-state index is -0.419. The molecule has 2 aliphatic carbocycles. The number of carbonyl (C=O) groups is 2. The van der Waals surface area contributed by atoms with Gasteiger partial charge in [0.05, 0.1) is 8.95 Å². The molecule has 0 bridgehead atoms. The highest BCUT2D eigenvalue weighted by Gasteiger charge is 2.46. The molecule has 0 amide bonds. The molecule has 0 atom stereocenters. The van der Waals surface area contributed by atoms with Gasteiger partial charge in [-0.15, -0.1) is 0 Å². The topological polar surface area (TPSA) is 55.4 Å². The third-order valence-electron chi connectivity index (χ3n) is 7.37. The highest BCUT2D eigenvalue weighted by atomic mass is 79.9. The lowest BCUT2D eigenvalue weighted by atomic mass is 9.64. The first-order chi connectivity index (χ1) is 17.3. The van der Waals surface area contributed by atoms with Gasteiger partial charge in [0.2, 0.25) is 0 Å². The zero-order chi connectivity index (χ0) is 26.7. The molecule has 4 nitrogen and oxygen atoms in total. The molecule has 0 radical (unpaired) electrons. The van der Waals surface area contributed by atoms with E-state index in [0.717, 1.165) is 35.4 Å². The summed E-state index contributed by atoms with van der Waals surface area (Å²) in [5.41, 5.74) is 4.75. The fourth-order valence-electron chi connectivity index (χ4n) is 5.84. The second-order valence-corrected chi connectivity index (χ2v) is 13.7. The first-order valence-corrected chi connectivity index (χ1v) is 14.1. The lowest BCUT2D eigenvalue weighted by Gasteiger charge is -2.44. The van der Waals surface area contributed by atoms with E-state index in [9.17, 15) is 14.0 Å². The van der Waals surface area contributed by atoms with Crippen LogP contribution in [-0.4, -0.2) is 11.6 Å². The molecule has 7 heteroatoms. The highest BCUT2D eigenvalue weighted by Crippen LogP contribution is 2.52. The number of carbonyl (C=O) groups excluding carboxylic acids is 2. The SMILES string of the molecule is CC1(C)CC(=O)C2=C(C1)NC1=C(C(=O)CC(C)(C)C1)C2c1cc(Br)c(OCc2ccc(F)cc2)c(Br)c1. The Balaban J connectivity index is 1.56. The Morgan fingerprint density at radius 2 is 1.35 bits per heavy atom. The average molecular weight is 631 g/mol. The molecule has 194 valence electrons. The van der Waals surface area contributed by atoms with Crippen molar-refractivity contribution in [2.24, 2.45) is 10.8 Å². The molecule has 0 fully saturated rings. The molecule has 1 N–H and O–H groups in total. The summed E-state index contributed by atoms with van der Waals surface area (Å²) < 4.78 is 20.8. The minimum absolute atomic E-state index is 0.0943. The smallest absolute Gasteiger partial charge is 0.162 e. The fourth-order valence-corrected chi connectivity index (χ4v) is 7.29. The van der Waals surface area contributed by atoms with Gasteiger partial charge in [-0.25, -0.2) is 4.39 Å². The van der Waals surface area contributed by atoms with Crippen LogP contribution in [0, 0.1) is 16.6 Å². The lowest BCUT2D eigenvalue weighted by molar-refractivity contribution is -0.119. The van der Waals surface area contributed by atoms with Crippen molar-refractivity contribution in [1.82, 2.24) is 5.32 Å². The van der Waals surface area contributed by atoms with Crippen molar-refractivity contribution in [1.29, 1.82) is 0 Å². The van der Waals surface area contributed by atoms with Gasteiger partial charge in [0.25, 0.3) is 0 Å². The van der Waals surface area contributed by atoms with Gasteiger partial charge < -0.3 is 10.1 Å². The fraction of sp³-hybridized carbons (Fsp3) is 0.400. The first kappa shape index (κ1) is 26.4. The number of ether oxygens (including phenoxy) is 1. The number of allylic oxidation sites excluding steroid dienone is 4. The van der Waals surface area contributed by atoms with Gasteiger partial charge >= 0.3 is 0 Å². The van der Waals surface area contributed by atoms with Crippen molar-refractivity contribution in [3.8, 4) is 5.75 Å². The number of ketones is 2. The van der Waals surface area contributed by atoms with E-state index < -0.39 is 5.92 Å². The number of rotatable bonds is 4. The Hall–Kier alpha value is -2.25. The molecular weight excluding hydrogens is 601 g/mol. The molecule has 0 spiro atoms. The third kappa shape index (κ3) is 5.22. The van der Waals surface area contributed by atoms with Crippen LogP contribution >= 0.6 is 31.9 Å². The second kappa shape index (κ2) is 9.49. The normalized spacial score (nSPS) is 20.9. The Labute approximate surface area is 234 Å². The molecule has 0 aromatic heterocycles. The lowest BCUT2D eigenvalue weighted by Crippen LogP contribution is -2.42. The number of benzene rings is 2. The zero-order valence-electron chi connectivity index (χ0n) is 21.4. The van der Waals surface area contributed by atoms with Gasteiger partial charge in [-0.2, -0.15) is 0 Å². The molecule has 3 aliphatic rings. The summed E-state index contributed by atoms with van der Waals surface area (Å²) in [7, 11) is 0. The van der Waals surface area contributed by atoms with Crippen molar-refractivity contribution in [3.63, 3.8) is 0 Å². The molecule has 5 rings (SSSR count). The van der Waals surface area contributed by atoms with Crippen LogP contribution in [-0.2, 0) is 16.2 Å². The van der Waals surface area contributed by atoms with Crippen molar-refractivity contribution in [2.75, 3.05) is 0 Å². The van der Waals surface area contributed by atoms with Crippen LogP contribution in [0.5, 0.6) is 5.75 Å². The number of hydrogen-bond donors (Lipinski definition) is 1. The average Bonchev–Trinajstić information content (AvgIpc) is 2.76. The van der Waals surface area contributed by atoms with E-state index in [1.807, 2.05) is 12.1 Å². The van der Waals surface area contributed by atoms with Crippen LogP contribution in [0.2, 0.25) is 0 Å². The summed E-state index contributed by atoms with van der Waals surface area (Å²) in [4.78, 5) is 27.1. The summed E-state index contributed by atoms with van der Waals surface area (Å²) in [5.74, 6) is 0.0875. The summed E-state index contributed by atoms with van der Waals surface area (Å²) in [6.07, 6.45) is 2.43. The summed E-state index contributed by atoms with van der Waals surface area (Å²) >= 11 is 7.32. The van der Waals surface area contributed by atoms with Crippen molar-refractivity contribution < 1.29 is 18.7 Å². The van der Waals surface area contributed by atoms with E-state index in [1.165, 1.54) is 12.1 Å². The van der Waals surface area contributed by atoms with E-state index in [2.05, 4.69) is 64.9 Å². The number of halogens is 3. The molecule has 0 saturated carbocycles. The maximum atomic E-state index is 13.5. The molecule has 0 unspecified atom stereocenters. The van der Waals surface area contributed by atoms with Crippen molar-refractivity contribution in [3.05, 3.63) is 84.8 Å². The van der Waals surface area contributed by atoms with Crippen molar-refractivity contribution >= 4 is 43.4 Å². The van der Waals surface area contributed by atoms with E-state index in [-0.39, 0.29) is 34.8 Å². The van der Waals surface area contributed by atoms with Crippen LogP contribution < -0.4 is 10.1 Å². The number of dihydropyridines is 1. The summed E-state index contributed by atoms with van der Waals surface area (Å²) in [6.45, 7) is 8.74. The van der Waals surface area contributed by atoms with Crippen LogP contribution in [0.15, 0.2) is 67.9 Å². The second-order valence-electron chi connectivity index (χ2n) is 12.0. The Morgan fingerprint density at radius 1 is 0.865 bits per heavy atom. The third-order valence-corrected chi connectivity index (χ3v) is 8.55. The van der Waals surface area contributed by atoms with E-state index in [1.54, 1.807) is 12.1 Å². The predicted octanol–water partition coefficient (Wildman–Crippen LogP) is 7.90. The van der Waals surface area contributed by atoms with E-state index >= 15 is 0 Å². The maximum absolute atomic E-state index is 13.5. The first-order valence-electron chi connectivity index (χ1n) is 12.5. The monoisotopic (exact) mass is 629 g/mol. The quantitative estimate of drug-likeness (QED) is 0.373. The Kier molecular flexibility index (Phi) is 6.76. The van der Waals surface area contributed by atoms with Gasteiger partial charge in [0.1, 0.15) is 18.2 Å². The van der Waals surface area contributed by atoms with Gasteiger partial charge in [-0.05, 0) is 90.9 Å². The maximum Gasteiger partial charge on any atom is 0.162 e. The molecule has 37 heavy (non-hydrogen) atoms. The molecule has 1 heterocycles. The van der Waals surface area contributed by atoms with Crippen LogP contribution in [0.4, 0.5) is 4.39 Å². The number of nitrogens with one attached hydrogen (secondary N) is 1. The largest absolute Gasteiger partial charge is 0.487 e. The molecule has 0 saturated heterocycles. The number of Topliss-reactive ketones (excluding diaryl/α,β-unsaturated/α-hetero) is 2. The Morgan fingerprint density at radius 3 is 1.84 bits per heavy atom. The minimum Gasteiger partial charge on any atom is -0.487 e. The zero-order valence-corrected chi connectivity index (χ0v) is 24.6. The van der Waals surface area contributed by atoms with E-state index in [0.29, 0.717) is 38.7 Å². The van der Waals surface area contributed by atoms with Crippen LogP contribution in [0.25, 0.3) is 0 Å². The van der Waals surface area contributed by atoms with E-state index in [4.69, 9.17) is 4.74 Å². The van der Waals surface area contributed by atoms with Gasteiger partial charge in [-0.3, -0.25) is 9.59 Å². The number of hydrogen-bond acceptors (Lipinski definition) is 4. The summed E-state index contributed by atoms with van der Waals surface area (Å²) in [5, 5.41) is 3.55. The molecule has 2 aromatic carbocycles. The molecular formula is C30H30Br2FNO3. The standard InChI is InChI=1S/C30H30Br2FNO3/c1-29(2)11-21-26(23(35)13-29)25(27-22(34-21)12-30(3,4)14-24(27)36)17-9-19(31)28(20(32)10-17)37-15-16-5-7-18(33)8-6-16/h5-10,25,34H,11-15H2,1-4H3. The van der Waals surface area contributed by atoms with Gasteiger partial charge in [-0.1, -0.05) is 39.8 Å².